The highest BCUT2D eigenvalue weighted by molar-refractivity contribution is 9.10. The van der Waals surface area contributed by atoms with Gasteiger partial charge in [0.2, 0.25) is 0 Å². The minimum Gasteiger partial charge on any atom is -0.497 e. The van der Waals surface area contributed by atoms with Gasteiger partial charge in [-0.1, -0.05) is 40.2 Å². The summed E-state index contributed by atoms with van der Waals surface area (Å²) in [5, 5.41) is 23.0. The standard InChI is InChI=1S/C24H18BrN3O5/c1-32-21-10-9-16(23(13-21)33-15-17-5-2-3-8-22(17)25)11-18(14-26)24(29)27-19-6-4-7-20(12-19)28(30)31/h2-13H,15H2,1H3,(H,27,29)/b18-11+. The lowest BCUT2D eigenvalue weighted by atomic mass is 10.1. The van der Waals surface area contributed by atoms with Crippen LogP contribution >= 0.6 is 15.9 Å². The number of anilines is 1. The number of nitrogens with zero attached hydrogens (tertiary/aromatic N) is 2. The van der Waals surface area contributed by atoms with Gasteiger partial charge in [-0.3, -0.25) is 14.9 Å². The van der Waals surface area contributed by atoms with Gasteiger partial charge in [-0.15, -0.1) is 0 Å². The number of nitro benzene ring substituents is 1. The Morgan fingerprint density at radius 1 is 1.18 bits per heavy atom. The maximum atomic E-state index is 12.6. The van der Waals surface area contributed by atoms with E-state index in [4.69, 9.17) is 9.47 Å². The second kappa shape index (κ2) is 10.9. The van der Waals surface area contributed by atoms with Crippen LogP contribution in [0.1, 0.15) is 11.1 Å². The van der Waals surface area contributed by atoms with Crippen molar-refractivity contribution in [3.63, 3.8) is 0 Å². The summed E-state index contributed by atoms with van der Waals surface area (Å²) in [5.41, 5.74) is 1.24. The fourth-order valence-electron chi connectivity index (χ4n) is 2.86. The highest BCUT2D eigenvalue weighted by Gasteiger charge is 2.14. The van der Waals surface area contributed by atoms with Crippen molar-refractivity contribution >= 4 is 39.3 Å². The zero-order valence-electron chi connectivity index (χ0n) is 17.4. The summed E-state index contributed by atoms with van der Waals surface area (Å²) in [5.74, 6) is 0.264. The van der Waals surface area contributed by atoms with Crippen LogP contribution in [0.15, 0.2) is 76.8 Å². The van der Waals surface area contributed by atoms with Crippen LogP contribution in [0, 0.1) is 21.4 Å². The number of benzene rings is 3. The molecule has 3 aromatic carbocycles. The van der Waals surface area contributed by atoms with Crippen molar-refractivity contribution in [2.24, 2.45) is 0 Å². The van der Waals surface area contributed by atoms with E-state index in [1.165, 1.54) is 37.5 Å². The first-order valence-corrected chi connectivity index (χ1v) is 10.4. The van der Waals surface area contributed by atoms with Gasteiger partial charge in [0.05, 0.1) is 12.0 Å². The predicted octanol–water partition coefficient (Wildman–Crippen LogP) is 5.49. The Hall–Kier alpha value is -4.16. The summed E-state index contributed by atoms with van der Waals surface area (Å²) in [6.07, 6.45) is 1.39. The van der Waals surface area contributed by atoms with Crippen LogP contribution in [0.4, 0.5) is 11.4 Å². The van der Waals surface area contributed by atoms with Crippen LogP contribution in [0.25, 0.3) is 6.08 Å². The summed E-state index contributed by atoms with van der Waals surface area (Å²) >= 11 is 3.48. The largest absolute Gasteiger partial charge is 0.497 e. The molecule has 3 aromatic rings. The molecule has 8 nitrogen and oxygen atoms in total. The van der Waals surface area contributed by atoms with Gasteiger partial charge < -0.3 is 14.8 Å². The minimum atomic E-state index is -0.703. The topological polar surface area (TPSA) is 114 Å². The fraction of sp³-hybridized carbons (Fsp3) is 0.0833. The number of hydrogen-bond acceptors (Lipinski definition) is 6. The van der Waals surface area contributed by atoms with Crippen LogP contribution in [-0.2, 0) is 11.4 Å². The number of carbonyl (C=O) groups excluding carboxylic acids is 1. The number of amides is 1. The first kappa shape index (κ1) is 23.5. The molecule has 0 saturated carbocycles. The van der Waals surface area contributed by atoms with Gasteiger partial charge >= 0.3 is 0 Å². The van der Waals surface area contributed by atoms with Crippen LogP contribution in [0.3, 0.4) is 0 Å². The quantitative estimate of drug-likeness (QED) is 0.186. The van der Waals surface area contributed by atoms with E-state index in [9.17, 15) is 20.2 Å². The molecule has 0 saturated heterocycles. The molecule has 0 aliphatic heterocycles. The first-order chi connectivity index (χ1) is 15.9. The molecule has 0 bridgehead atoms. The third-order valence-electron chi connectivity index (χ3n) is 4.54. The van der Waals surface area contributed by atoms with Gasteiger partial charge in [0.15, 0.2) is 0 Å². The monoisotopic (exact) mass is 507 g/mol. The lowest BCUT2D eigenvalue weighted by Crippen LogP contribution is -2.13. The Labute approximate surface area is 198 Å². The number of halogens is 1. The molecule has 0 aliphatic carbocycles. The van der Waals surface area contributed by atoms with Crippen molar-refractivity contribution in [3.05, 3.63) is 98.0 Å². The molecular formula is C24H18BrN3O5. The van der Waals surface area contributed by atoms with E-state index in [1.807, 2.05) is 30.3 Å². The first-order valence-electron chi connectivity index (χ1n) is 9.63. The summed E-state index contributed by atoms with van der Waals surface area (Å²) in [6.45, 7) is 0.247. The van der Waals surface area contributed by atoms with Crippen molar-refractivity contribution in [1.82, 2.24) is 0 Å². The Kier molecular flexibility index (Phi) is 7.78. The molecule has 1 amide bonds. The second-order valence-electron chi connectivity index (χ2n) is 6.72. The zero-order valence-corrected chi connectivity index (χ0v) is 19.0. The molecule has 0 unspecified atom stereocenters. The lowest BCUT2D eigenvalue weighted by molar-refractivity contribution is -0.384. The number of nitrogens with one attached hydrogen (secondary N) is 1. The van der Waals surface area contributed by atoms with E-state index in [-0.39, 0.29) is 23.6 Å². The number of carbonyl (C=O) groups is 1. The van der Waals surface area contributed by atoms with Gasteiger partial charge in [0.25, 0.3) is 11.6 Å². The molecule has 0 aliphatic rings. The molecule has 0 aromatic heterocycles. The van der Waals surface area contributed by atoms with Crippen molar-refractivity contribution < 1.29 is 19.2 Å². The lowest BCUT2D eigenvalue weighted by Gasteiger charge is -2.12. The summed E-state index contributed by atoms with van der Waals surface area (Å²) < 4.78 is 12.1. The van der Waals surface area contributed by atoms with Gasteiger partial charge in [0, 0.05) is 39.5 Å². The number of hydrogen-bond donors (Lipinski definition) is 1. The normalized spacial score (nSPS) is 10.8. The maximum Gasteiger partial charge on any atom is 0.271 e. The number of nitriles is 1. The van der Waals surface area contributed by atoms with Gasteiger partial charge in [0.1, 0.15) is 29.7 Å². The number of nitro groups is 1. The Balaban J connectivity index is 1.87. The van der Waals surface area contributed by atoms with E-state index in [0.29, 0.717) is 17.1 Å². The Bertz CT molecular complexity index is 1270. The smallest absolute Gasteiger partial charge is 0.271 e. The van der Waals surface area contributed by atoms with E-state index >= 15 is 0 Å². The Morgan fingerprint density at radius 2 is 1.97 bits per heavy atom. The van der Waals surface area contributed by atoms with E-state index in [2.05, 4.69) is 21.2 Å². The highest BCUT2D eigenvalue weighted by atomic mass is 79.9. The fourth-order valence-corrected chi connectivity index (χ4v) is 3.26. The summed E-state index contributed by atoms with van der Waals surface area (Å²) in [6, 6.07) is 20.0. The zero-order chi connectivity index (χ0) is 23.8. The molecule has 3 rings (SSSR count). The van der Waals surface area contributed by atoms with Gasteiger partial charge in [-0.2, -0.15) is 5.26 Å². The Morgan fingerprint density at radius 3 is 2.67 bits per heavy atom. The van der Waals surface area contributed by atoms with Crippen molar-refractivity contribution in [2.45, 2.75) is 6.61 Å². The summed E-state index contributed by atoms with van der Waals surface area (Å²) in [4.78, 5) is 23.0. The third-order valence-corrected chi connectivity index (χ3v) is 5.32. The van der Waals surface area contributed by atoms with Crippen molar-refractivity contribution in [1.29, 1.82) is 5.26 Å². The van der Waals surface area contributed by atoms with Crippen LogP contribution in [-0.4, -0.2) is 17.9 Å². The number of methoxy groups -OCH3 is 1. The average Bonchev–Trinajstić information content (AvgIpc) is 2.82. The number of ether oxygens (including phenoxy) is 2. The minimum absolute atomic E-state index is 0.173. The van der Waals surface area contributed by atoms with E-state index in [1.54, 1.807) is 18.2 Å². The molecular weight excluding hydrogens is 490 g/mol. The maximum absolute atomic E-state index is 12.6. The van der Waals surface area contributed by atoms with Gasteiger partial charge in [-0.05, 0) is 30.3 Å². The van der Waals surface area contributed by atoms with E-state index < -0.39 is 10.8 Å². The molecule has 0 heterocycles. The van der Waals surface area contributed by atoms with Gasteiger partial charge in [-0.25, -0.2) is 0 Å². The number of non-ortho nitro benzene ring substituents is 1. The van der Waals surface area contributed by atoms with Crippen LogP contribution in [0.2, 0.25) is 0 Å². The molecule has 0 radical (unpaired) electrons. The SMILES string of the molecule is COc1ccc(/C=C(\C#N)C(=O)Nc2cccc([N+](=O)[O-])c2)c(OCc2ccccc2Br)c1. The summed E-state index contributed by atoms with van der Waals surface area (Å²) in [7, 11) is 1.52. The van der Waals surface area contributed by atoms with Crippen LogP contribution < -0.4 is 14.8 Å². The van der Waals surface area contributed by atoms with Crippen molar-refractivity contribution in [2.75, 3.05) is 12.4 Å². The number of rotatable bonds is 8. The second-order valence-corrected chi connectivity index (χ2v) is 7.57. The predicted molar refractivity (Wildman–Crippen MR) is 127 cm³/mol. The van der Waals surface area contributed by atoms with E-state index in [0.717, 1.165) is 10.0 Å². The molecule has 0 atom stereocenters. The molecule has 1 N–H and O–H groups in total. The third kappa shape index (κ3) is 6.18. The molecule has 33 heavy (non-hydrogen) atoms. The highest BCUT2D eigenvalue weighted by Crippen LogP contribution is 2.29. The molecule has 9 heteroatoms. The average molecular weight is 508 g/mol. The molecule has 166 valence electrons. The van der Waals surface area contributed by atoms with Crippen molar-refractivity contribution in [3.8, 4) is 17.6 Å². The molecule has 0 fully saturated rings. The van der Waals surface area contributed by atoms with Crippen LogP contribution in [0.5, 0.6) is 11.5 Å². The molecule has 0 spiro atoms.